The van der Waals surface area contributed by atoms with Crippen LogP contribution in [0.4, 0.5) is 0 Å². The van der Waals surface area contributed by atoms with Gasteiger partial charge in [0.25, 0.3) is 0 Å². The molecule has 2 unspecified atom stereocenters. The molecule has 0 saturated heterocycles. The van der Waals surface area contributed by atoms with Crippen molar-refractivity contribution in [3.8, 4) is 12.3 Å². The molecule has 15 heavy (non-hydrogen) atoms. The summed E-state index contributed by atoms with van der Waals surface area (Å²) in [7, 11) is 0. The number of carboxylic acids is 1. The van der Waals surface area contributed by atoms with E-state index in [2.05, 4.69) is 11.2 Å². The van der Waals surface area contributed by atoms with Crippen molar-refractivity contribution in [1.29, 1.82) is 0 Å². The van der Waals surface area contributed by atoms with Crippen molar-refractivity contribution in [2.45, 2.75) is 25.8 Å². The number of nitrogens with two attached hydrogens (primary N) is 1. The van der Waals surface area contributed by atoms with Crippen LogP contribution in [0, 0.1) is 18.3 Å². The van der Waals surface area contributed by atoms with Crippen LogP contribution in [0.1, 0.15) is 19.8 Å². The molecule has 0 aromatic carbocycles. The van der Waals surface area contributed by atoms with Gasteiger partial charge in [0.05, 0.1) is 6.04 Å². The Kier molecular flexibility index (Phi) is 6.14. The number of carbonyl (C=O) groups is 2. The average molecular weight is 212 g/mol. The fourth-order valence-electron chi connectivity index (χ4n) is 0.996. The zero-order valence-corrected chi connectivity index (χ0v) is 8.69. The van der Waals surface area contributed by atoms with Crippen LogP contribution in [0.15, 0.2) is 0 Å². The van der Waals surface area contributed by atoms with Gasteiger partial charge in [0.2, 0.25) is 5.91 Å². The third-order valence-electron chi connectivity index (χ3n) is 1.82. The number of amides is 1. The van der Waals surface area contributed by atoms with Gasteiger partial charge in [-0.05, 0) is 5.92 Å². The summed E-state index contributed by atoms with van der Waals surface area (Å²) in [5.41, 5.74) is 5.44. The van der Waals surface area contributed by atoms with Crippen LogP contribution >= 0.6 is 0 Å². The topological polar surface area (TPSA) is 92.4 Å². The SMILES string of the molecule is C#CCC(N)C(=O)NCC(C)CC(=O)O. The number of hydrogen-bond acceptors (Lipinski definition) is 3. The van der Waals surface area contributed by atoms with Crippen LogP contribution in [0.2, 0.25) is 0 Å². The molecule has 1 amide bonds. The minimum Gasteiger partial charge on any atom is -0.481 e. The molecule has 5 nitrogen and oxygen atoms in total. The molecule has 0 rings (SSSR count). The molecular weight excluding hydrogens is 196 g/mol. The molecule has 0 radical (unpaired) electrons. The Bertz CT molecular complexity index is 270. The van der Waals surface area contributed by atoms with E-state index in [4.69, 9.17) is 17.3 Å². The van der Waals surface area contributed by atoms with Crippen molar-refractivity contribution in [2.75, 3.05) is 6.54 Å². The first-order valence-corrected chi connectivity index (χ1v) is 4.66. The Morgan fingerprint density at radius 2 is 2.20 bits per heavy atom. The summed E-state index contributed by atoms with van der Waals surface area (Å²) in [6, 6.07) is -0.716. The smallest absolute Gasteiger partial charge is 0.303 e. The lowest BCUT2D eigenvalue weighted by atomic mass is 10.1. The number of aliphatic carboxylic acids is 1. The van der Waals surface area contributed by atoms with Crippen LogP contribution < -0.4 is 11.1 Å². The molecule has 0 spiro atoms. The van der Waals surface area contributed by atoms with E-state index in [1.165, 1.54) is 0 Å². The first-order chi connectivity index (χ1) is 6.97. The van der Waals surface area contributed by atoms with Crippen molar-refractivity contribution in [1.82, 2.24) is 5.32 Å². The number of hydrogen-bond donors (Lipinski definition) is 3. The summed E-state index contributed by atoms with van der Waals surface area (Å²) in [5, 5.41) is 11.0. The van der Waals surface area contributed by atoms with E-state index in [0.717, 1.165) is 0 Å². The van der Waals surface area contributed by atoms with E-state index in [0.29, 0.717) is 6.54 Å². The molecule has 4 N–H and O–H groups in total. The predicted molar refractivity (Wildman–Crippen MR) is 55.9 cm³/mol. The Balaban J connectivity index is 3.80. The van der Waals surface area contributed by atoms with Gasteiger partial charge in [0, 0.05) is 19.4 Å². The Morgan fingerprint density at radius 1 is 1.60 bits per heavy atom. The predicted octanol–water partition coefficient (Wildman–Crippen LogP) is -0.436. The van der Waals surface area contributed by atoms with Gasteiger partial charge < -0.3 is 16.2 Å². The third-order valence-corrected chi connectivity index (χ3v) is 1.82. The van der Waals surface area contributed by atoms with E-state index in [1.54, 1.807) is 6.92 Å². The Morgan fingerprint density at radius 3 is 2.67 bits per heavy atom. The zero-order valence-electron chi connectivity index (χ0n) is 8.69. The van der Waals surface area contributed by atoms with Gasteiger partial charge in [-0.1, -0.05) is 6.92 Å². The summed E-state index contributed by atoms with van der Waals surface area (Å²) < 4.78 is 0. The highest BCUT2D eigenvalue weighted by atomic mass is 16.4. The highest BCUT2D eigenvalue weighted by Gasteiger charge is 2.13. The van der Waals surface area contributed by atoms with Gasteiger partial charge in [-0.15, -0.1) is 12.3 Å². The summed E-state index contributed by atoms with van der Waals surface area (Å²) in [6.45, 7) is 2.03. The number of nitrogens with one attached hydrogen (secondary N) is 1. The molecule has 0 aliphatic heterocycles. The highest BCUT2D eigenvalue weighted by molar-refractivity contribution is 5.81. The summed E-state index contributed by atoms with van der Waals surface area (Å²) >= 11 is 0. The lowest BCUT2D eigenvalue weighted by molar-refractivity contribution is -0.138. The van der Waals surface area contributed by atoms with Crippen molar-refractivity contribution in [2.24, 2.45) is 11.7 Å². The second-order valence-electron chi connectivity index (χ2n) is 3.46. The monoisotopic (exact) mass is 212 g/mol. The average Bonchev–Trinajstić information content (AvgIpc) is 2.13. The third kappa shape index (κ3) is 6.52. The van der Waals surface area contributed by atoms with Crippen molar-refractivity contribution >= 4 is 11.9 Å². The molecule has 0 fully saturated rings. The van der Waals surface area contributed by atoms with Crippen LogP contribution in [-0.4, -0.2) is 29.6 Å². The molecule has 0 aliphatic carbocycles. The number of carboxylic acid groups (broad SMARTS) is 1. The molecule has 2 atom stereocenters. The fraction of sp³-hybridized carbons (Fsp3) is 0.600. The molecule has 0 aromatic rings. The lowest BCUT2D eigenvalue weighted by Crippen LogP contribution is -2.42. The lowest BCUT2D eigenvalue weighted by Gasteiger charge is -2.12. The first-order valence-electron chi connectivity index (χ1n) is 4.66. The van der Waals surface area contributed by atoms with Gasteiger partial charge >= 0.3 is 5.97 Å². The molecule has 0 aliphatic rings. The molecule has 0 heterocycles. The van der Waals surface area contributed by atoms with Crippen molar-refractivity contribution in [3.05, 3.63) is 0 Å². The van der Waals surface area contributed by atoms with E-state index in [-0.39, 0.29) is 24.7 Å². The van der Waals surface area contributed by atoms with Crippen LogP contribution in [0.3, 0.4) is 0 Å². The minimum atomic E-state index is -0.885. The molecule has 0 bridgehead atoms. The quantitative estimate of drug-likeness (QED) is 0.521. The normalized spacial score (nSPS) is 13.7. The molecule has 84 valence electrons. The first kappa shape index (κ1) is 13.5. The summed E-state index contributed by atoms with van der Waals surface area (Å²) in [6.07, 6.45) is 5.20. The van der Waals surface area contributed by atoms with E-state index < -0.39 is 12.0 Å². The maximum atomic E-state index is 11.2. The number of rotatable bonds is 6. The largest absolute Gasteiger partial charge is 0.481 e. The standard InChI is InChI=1S/C10H16N2O3/c1-3-4-8(11)10(15)12-6-7(2)5-9(13)14/h1,7-8H,4-6,11H2,2H3,(H,12,15)(H,13,14). The van der Waals surface area contributed by atoms with Crippen LogP contribution in [-0.2, 0) is 9.59 Å². The van der Waals surface area contributed by atoms with Gasteiger partial charge in [-0.3, -0.25) is 9.59 Å². The van der Waals surface area contributed by atoms with Gasteiger partial charge in [-0.2, -0.15) is 0 Å². The maximum Gasteiger partial charge on any atom is 0.303 e. The maximum absolute atomic E-state index is 11.2. The zero-order chi connectivity index (χ0) is 11.8. The summed E-state index contributed by atoms with van der Waals surface area (Å²) in [5.74, 6) is 0.940. The molecular formula is C10H16N2O3. The molecule has 5 heteroatoms. The second kappa shape index (κ2) is 6.85. The molecule has 0 saturated carbocycles. The summed E-state index contributed by atoms with van der Waals surface area (Å²) in [4.78, 5) is 21.6. The van der Waals surface area contributed by atoms with Crippen LogP contribution in [0.5, 0.6) is 0 Å². The fourth-order valence-corrected chi connectivity index (χ4v) is 0.996. The van der Waals surface area contributed by atoms with Crippen molar-refractivity contribution in [3.63, 3.8) is 0 Å². The Labute approximate surface area is 89.0 Å². The van der Waals surface area contributed by atoms with Crippen molar-refractivity contribution < 1.29 is 14.7 Å². The molecule has 0 aromatic heterocycles. The minimum absolute atomic E-state index is 0.0185. The highest BCUT2D eigenvalue weighted by Crippen LogP contribution is 1.99. The van der Waals surface area contributed by atoms with Gasteiger partial charge in [-0.25, -0.2) is 0 Å². The van der Waals surface area contributed by atoms with E-state index in [9.17, 15) is 9.59 Å². The number of carbonyl (C=O) groups excluding carboxylic acids is 1. The van der Waals surface area contributed by atoms with E-state index in [1.807, 2.05) is 0 Å². The Hall–Kier alpha value is -1.54. The van der Waals surface area contributed by atoms with Gasteiger partial charge in [0.1, 0.15) is 0 Å². The van der Waals surface area contributed by atoms with E-state index >= 15 is 0 Å². The van der Waals surface area contributed by atoms with Crippen LogP contribution in [0.25, 0.3) is 0 Å². The second-order valence-corrected chi connectivity index (χ2v) is 3.46. The number of terminal acetylenes is 1. The van der Waals surface area contributed by atoms with Gasteiger partial charge in [0.15, 0.2) is 0 Å².